The number of nitrogens with two attached hydrogens (primary N) is 1. The molecule has 0 heterocycles. The number of aryl methyl sites for hydroxylation is 1. The van der Waals surface area contributed by atoms with Gasteiger partial charge in [0.15, 0.2) is 0 Å². The molecule has 0 radical (unpaired) electrons. The van der Waals surface area contributed by atoms with Crippen molar-refractivity contribution in [2.45, 2.75) is 51.6 Å². The van der Waals surface area contributed by atoms with Gasteiger partial charge in [0.25, 0.3) is 0 Å². The van der Waals surface area contributed by atoms with Crippen molar-refractivity contribution in [1.29, 1.82) is 0 Å². The van der Waals surface area contributed by atoms with E-state index in [1.165, 1.54) is 31.2 Å². The van der Waals surface area contributed by atoms with Gasteiger partial charge in [-0.25, -0.2) is 0 Å². The summed E-state index contributed by atoms with van der Waals surface area (Å²) in [6.45, 7) is 2.92. The van der Waals surface area contributed by atoms with Gasteiger partial charge in [0, 0.05) is 5.92 Å². The Bertz CT molecular complexity index is 347. The first-order valence-corrected chi connectivity index (χ1v) is 7.29. The van der Waals surface area contributed by atoms with Crippen LogP contribution in [0.2, 0.25) is 0 Å². The molecular weight excluding hydrogens is 222 g/mol. The highest BCUT2D eigenvalue weighted by molar-refractivity contribution is 5.27. The molecule has 0 saturated heterocycles. The van der Waals surface area contributed by atoms with Crippen molar-refractivity contribution < 1.29 is 4.74 Å². The van der Waals surface area contributed by atoms with Gasteiger partial charge in [-0.2, -0.15) is 0 Å². The molecule has 2 unspecified atom stereocenters. The van der Waals surface area contributed by atoms with Gasteiger partial charge in [0.2, 0.25) is 0 Å². The van der Waals surface area contributed by atoms with Crippen molar-refractivity contribution in [3.63, 3.8) is 0 Å². The van der Waals surface area contributed by atoms with Gasteiger partial charge >= 0.3 is 0 Å². The van der Waals surface area contributed by atoms with Crippen LogP contribution in [0.4, 0.5) is 0 Å². The maximum atomic E-state index is 6.16. The third kappa shape index (κ3) is 3.49. The van der Waals surface area contributed by atoms with Gasteiger partial charge in [0.05, 0.1) is 0 Å². The molecule has 2 heteroatoms. The van der Waals surface area contributed by atoms with E-state index in [4.69, 9.17) is 10.5 Å². The van der Waals surface area contributed by atoms with Crippen LogP contribution in [0.25, 0.3) is 0 Å². The van der Waals surface area contributed by atoms with Crippen molar-refractivity contribution in [2.24, 2.45) is 11.7 Å². The molecule has 0 bridgehead atoms. The van der Waals surface area contributed by atoms with Crippen LogP contribution in [0.5, 0.6) is 5.75 Å². The molecule has 0 aromatic heterocycles. The third-order valence-corrected chi connectivity index (χ3v) is 4.01. The maximum absolute atomic E-state index is 6.16. The van der Waals surface area contributed by atoms with Crippen LogP contribution in [0, 0.1) is 5.92 Å². The highest BCUT2D eigenvalue weighted by atomic mass is 16.5. The second kappa shape index (κ2) is 6.79. The molecule has 2 atom stereocenters. The molecule has 2 N–H and O–H groups in total. The predicted molar refractivity (Wildman–Crippen MR) is 75.9 cm³/mol. The zero-order valence-electron chi connectivity index (χ0n) is 11.4. The summed E-state index contributed by atoms with van der Waals surface area (Å²) in [6, 6.07) is 8.50. The molecule has 1 aliphatic rings. The molecule has 1 fully saturated rings. The van der Waals surface area contributed by atoms with E-state index in [0.717, 1.165) is 25.1 Å². The van der Waals surface area contributed by atoms with Gasteiger partial charge in [0.1, 0.15) is 11.9 Å². The highest BCUT2D eigenvalue weighted by Gasteiger charge is 2.24. The Kier molecular flexibility index (Phi) is 5.06. The fourth-order valence-corrected chi connectivity index (χ4v) is 2.75. The molecule has 0 aliphatic heterocycles. The normalized spacial score (nSPS) is 24.6. The van der Waals surface area contributed by atoms with E-state index in [1.54, 1.807) is 0 Å². The lowest BCUT2D eigenvalue weighted by atomic mass is 9.97. The zero-order chi connectivity index (χ0) is 12.8. The summed E-state index contributed by atoms with van der Waals surface area (Å²) in [5.41, 5.74) is 7.24. The van der Waals surface area contributed by atoms with E-state index < -0.39 is 0 Å². The topological polar surface area (TPSA) is 35.2 Å². The van der Waals surface area contributed by atoms with E-state index in [-0.39, 0.29) is 0 Å². The van der Waals surface area contributed by atoms with Gasteiger partial charge in [-0.1, -0.05) is 31.9 Å². The van der Waals surface area contributed by atoms with Crippen LogP contribution in [0.1, 0.15) is 44.6 Å². The van der Waals surface area contributed by atoms with Crippen molar-refractivity contribution in [3.8, 4) is 5.75 Å². The molecule has 1 saturated carbocycles. The Labute approximate surface area is 111 Å². The van der Waals surface area contributed by atoms with Crippen LogP contribution in [0.15, 0.2) is 24.3 Å². The first kappa shape index (κ1) is 13.4. The lowest BCUT2D eigenvalue weighted by molar-refractivity contribution is 0.129. The second-order valence-electron chi connectivity index (χ2n) is 5.29. The lowest BCUT2D eigenvalue weighted by Gasteiger charge is -2.25. The van der Waals surface area contributed by atoms with Crippen molar-refractivity contribution in [2.75, 3.05) is 6.54 Å². The van der Waals surface area contributed by atoms with E-state index >= 15 is 0 Å². The minimum atomic E-state index is 0.310. The summed E-state index contributed by atoms with van der Waals surface area (Å²) in [4.78, 5) is 0. The van der Waals surface area contributed by atoms with Crippen LogP contribution < -0.4 is 10.5 Å². The predicted octanol–water partition coefficient (Wildman–Crippen LogP) is 3.54. The van der Waals surface area contributed by atoms with Gasteiger partial charge in [-0.15, -0.1) is 0 Å². The molecule has 1 aromatic carbocycles. The van der Waals surface area contributed by atoms with E-state index in [2.05, 4.69) is 31.2 Å². The Morgan fingerprint density at radius 1 is 1.11 bits per heavy atom. The summed E-state index contributed by atoms with van der Waals surface area (Å²) < 4.78 is 6.16. The number of ether oxygens (including phenoxy) is 1. The molecule has 0 amide bonds. The quantitative estimate of drug-likeness (QED) is 0.826. The van der Waals surface area contributed by atoms with E-state index in [9.17, 15) is 0 Å². The fourth-order valence-electron chi connectivity index (χ4n) is 2.75. The van der Waals surface area contributed by atoms with Crippen molar-refractivity contribution >= 4 is 0 Å². The highest BCUT2D eigenvalue weighted by Crippen LogP contribution is 2.27. The van der Waals surface area contributed by atoms with Gasteiger partial charge in [-0.3, -0.25) is 0 Å². The van der Waals surface area contributed by atoms with Gasteiger partial charge < -0.3 is 10.5 Å². The molecule has 1 aromatic rings. The molecule has 100 valence electrons. The second-order valence-corrected chi connectivity index (χ2v) is 5.29. The van der Waals surface area contributed by atoms with E-state index in [0.29, 0.717) is 12.0 Å². The molecule has 1 aliphatic carbocycles. The minimum absolute atomic E-state index is 0.310. The Morgan fingerprint density at radius 3 is 2.50 bits per heavy atom. The monoisotopic (exact) mass is 247 g/mol. The van der Waals surface area contributed by atoms with Crippen LogP contribution in [0.3, 0.4) is 0 Å². The summed E-state index contributed by atoms with van der Waals surface area (Å²) >= 11 is 0. The standard InChI is InChI=1S/C16H25NO/c1-2-13-8-10-15(11-9-13)18-16-7-5-3-4-6-14(16)12-17/h8-11,14,16H,2-7,12,17H2,1H3. The zero-order valence-corrected chi connectivity index (χ0v) is 11.4. The molecular formula is C16H25NO. The third-order valence-electron chi connectivity index (χ3n) is 4.01. The summed E-state index contributed by atoms with van der Waals surface area (Å²) in [6.07, 6.45) is 7.65. The SMILES string of the molecule is CCc1ccc(OC2CCCCCC2CN)cc1. The summed E-state index contributed by atoms with van der Waals surface area (Å²) in [5, 5.41) is 0. The maximum Gasteiger partial charge on any atom is 0.119 e. The smallest absolute Gasteiger partial charge is 0.119 e. The number of hydrogen-bond acceptors (Lipinski definition) is 2. The summed E-state index contributed by atoms with van der Waals surface area (Å²) in [5.74, 6) is 1.52. The average molecular weight is 247 g/mol. The van der Waals surface area contributed by atoms with Crippen molar-refractivity contribution in [1.82, 2.24) is 0 Å². The average Bonchev–Trinajstić information content (AvgIpc) is 2.64. The minimum Gasteiger partial charge on any atom is -0.490 e. The Morgan fingerprint density at radius 2 is 1.83 bits per heavy atom. The van der Waals surface area contributed by atoms with Gasteiger partial charge in [-0.05, 0) is 49.9 Å². The molecule has 18 heavy (non-hydrogen) atoms. The first-order chi connectivity index (χ1) is 8.83. The Hall–Kier alpha value is -1.02. The Balaban J connectivity index is 2.00. The number of hydrogen-bond donors (Lipinski definition) is 1. The molecule has 2 rings (SSSR count). The van der Waals surface area contributed by atoms with Crippen LogP contribution in [-0.2, 0) is 6.42 Å². The van der Waals surface area contributed by atoms with Crippen LogP contribution in [-0.4, -0.2) is 12.6 Å². The largest absolute Gasteiger partial charge is 0.490 e. The van der Waals surface area contributed by atoms with E-state index in [1.807, 2.05) is 0 Å². The van der Waals surface area contributed by atoms with Crippen LogP contribution >= 0.6 is 0 Å². The number of benzene rings is 1. The fraction of sp³-hybridized carbons (Fsp3) is 0.625. The van der Waals surface area contributed by atoms with Crippen molar-refractivity contribution in [3.05, 3.63) is 29.8 Å². The summed E-state index contributed by atoms with van der Waals surface area (Å²) in [7, 11) is 0. The lowest BCUT2D eigenvalue weighted by Crippen LogP contribution is -2.31. The molecule has 0 spiro atoms. The number of rotatable bonds is 4. The first-order valence-electron chi connectivity index (χ1n) is 7.29. The molecule has 2 nitrogen and oxygen atoms in total.